The minimum Gasteiger partial charge on any atom is -0.443 e. The summed E-state index contributed by atoms with van der Waals surface area (Å²) in [7, 11) is 0. The number of hydrogen-bond acceptors (Lipinski definition) is 2. The Morgan fingerprint density at radius 3 is 2.50 bits per heavy atom. The zero-order chi connectivity index (χ0) is 15.1. The van der Waals surface area contributed by atoms with E-state index in [2.05, 4.69) is 0 Å². The molecule has 1 heterocycles. The van der Waals surface area contributed by atoms with Gasteiger partial charge in [-0.25, -0.2) is 9.36 Å². The van der Waals surface area contributed by atoms with Crippen molar-refractivity contribution in [2.75, 3.05) is 0 Å². The van der Waals surface area contributed by atoms with Crippen LogP contribution in [0.3, 0.4) is 0 Å². The van der Waals surface area contributed by atoms with E-state index in [1.54, 1.807) is 4.57 Å². The summed E-state index contributed by atoms with van der Waals surface area (Å²) < 4.78 is 7.09. The zero-order valence-corrected chi connectivity index (χ0v) is 13.3. The van der Waals surface area contributed by atoms with Gasteiger partial charge in [-0.2, -0.15) is 0 Å². The van der Waals surface area contributed by atoms with Crippen molar-refractivity contribution >= 4 is 28.6 Å². The quantitative estimate of drug-likeness (QED) is 0.709. The summed E-state index contributed by atoms with van der Waals surface area (Å²) in [6.45, 7) is 9.60. The van der Waals surface area contributed by atoms with E-state index in [1.165, 1.54) is 0 Å². The maximum atomic E-state index is 12.5. The molecule has 4 heteroatoms. The molecule has 0 amide bonds. The summed E-state index contributed by atoms with van der Waals surface area (Å²) in [6, 6.07) is 5.90. The van der Waals surface area contributed by atoms with E-state index in [9.17, 15) is 4.79 Å². The summed E-state index contributed by atoms with van der Waals surface area (Å²) in [6.07, 6.45) is -0.378. The normalized spacial score (nSPS) is 11.9. The molecule has 1 aromatic carbocycles. The van der Waals surface area contributed by atoms with Crippen LogP contribution < -0.4 is 0 Å². The molecule has 0 radical (unpaired) electrons. The highest BCUT2D eigenvalue weighted by Gasteiger charge is 2.24. The van der Waals surface area contributed by atoms with Gasteiger partial charge in [-0.05, 0) is 51.8 Å². The van der Waals surface area contributed by atoms with Crippen LogP contribution in [-0.2, 0) is 10.6 Å². The lowest BCUT2D eigenvalue weighted by Crippen LogP contribution is -2.27. The molecule has 2 rings (SSSR count). The predicted octanol–water partition coefficient (Wildman–Crippen LogP) is 4.78. The average molecular weight is 294 g/mol. The van der Waals surface area contributed by atoms with Crippen LogP contribution in [0.5, 0.6) is 0 Å². The predicted molar refractivity (Wildman–Crippen MR) is 82.6 cm³/mol. The lowest BCUT2D eigenvalue weighted by atomic mass is 10.1. The van der Waals surface area contributed by atoms with Crippen LogP contribution in [0.2, 0.25) is 0 Å². The molecule has 0 aliphatic heterocycles. The molecule has 0 N–H and O–H groups in total. The van der Waals surface area contributed by atoms with Crippen molar-refractivity contribution in [1.82, 2.24) is 4.57 Å². The second-order valence-corrected chi connectivity index (χ2v) is 6.26. The van der Waals surface area contributed by atoms with E-state index in [0.717, 1.165) is 27.7 Å². The number of rotatable bonds is 1. The number of alkyl halides is 1. The van der Waals surface area contributed by atoms with Gasteiger partial charge in [0.1, 0.15) is 5.60 Å². The first-order chi connectivity index (χ1) is 9.26. The topological polar surface area (TPSA) is 31.2 Å². The Morgan fingerprint density at radius 2 is 1.95 bits per heavy atom. The van der Waals surface area contributed by atoms with Crippen molar-refractivity contribution < 1.29 is 9.53 Å². The van der Waals surface area contributed by atoms with Gasteiger partial charge in [0.05, 0.1) is 11.4 Å². The molecule has 0 unspecified atom stereocenters. The highest BCUT2D eigenvalue weighted by molar-refractivity contribution is 6.17. The highest BCUT2D eigenvalue weighted by atomic mass is 35.5. The molecular weight excluding hydrogens is 274 g/mol. The third-order valence-electron chi connectivity index (χ3n) is 3.27. The second-order valence-electron chi connectivity index (χ2n) is 5.99. The van der Waals surface area contributed by atoms with Gasteiger partial charge in [0.25, 0.3) is 0 Å². The molecule has 0 saturated carbocycles. The maximum absolute atomic E-state index is 12.5. The van der Waals surface area contributed by atoms with E-state index in [0.29, 0.717) is 0 Å². The molecule has 1 aromatic heterocycles. The molecule has 108 valence electrons. The van der Waals surface area contributed by atoms with Crippen LogP contribution in [-0.4, -0.2) is 16.3 Å². The first kappa shape index (κ1) is 14.9. The minimum absolute atomic E-state index is 0.277. The number of nitrogens with zero attached hydrogens (tertiary/aromatic N) is 1. The van der Waals surface area contributed by atoms with E-state index < -0.39 is 5.60 Å². The van der Waals surface area contributed by atoms with Crippen LogP contribution >= 0.6 is 11.6 Å². The van der Waals surface area contributed by atoms with Crippen molar-refractivity contribution in [3.63, 3.8) is 0 Å². The number of hydrogen-bond donors (Lipinski definition) is 0. The average Bonchev–Trinajstić information content (AvgIpc) is 2.61. The van der Waals surface area contributed by atoms with Crippen molar-refractivity contribution in [3.8, 4) is 0 Å². The summed E-state index contributed by atoms with van der Waals surface area (Å²) in [5.41, 5.74) is 3.29. The van der Waals surface area contributed by atoms with Gasteiger partial charge in [-0.1, -0.05) is 12.1 Å². The SMILES string of the molecule is Cc1cccc2c1c(C)c(CCl)n2C(=O)OC(C)(C)C. The molecule has 3 nitrogen and oxygen atoms in total. The van der Waals surface area contributed by atoms with Crippen molar-refractivity contribution in [2.24, 2.45) is 0 Å². The number of carbonyl (C=O) groups is 1. The number of ether oxygens (including phenoxy) is 1. The molecule has 0 aliphatic rings. The molecule has 2 aromatic rings. The van der Waals surface area contributed by atoms with Crippen LogP contribution in [0.15, 0.2) is 18.2 Å². The number of aromatic nitrogens is 1. The number of benzene rings is 1. The fraction of sp³-hybridized carbons (Fsp3) is 0.438. The minimum atomic E-state index is -0.533. The molecule has 0 aliphatic carbocycles. The second kappa shape index (κ2) is 5.13. The Balaban J connectivity index is 2.69. The van der Waals surface area contributed by atoms with Crippen LogP contribution in [0.25, 0.3) is 10.9 Å². The van der Waals surface area contributed by atoms with E-state index in [4.69, 9.17) is 16.3 Å². The van der Waals surface area contributed by atoms with Gasteiger partial charge in [-0.15, -0.1) is 11.6 Å². The third kappa shape index (κ3) is 2.55. The maximum Gasteiger partial charge on any atom is 0.419 e. The number of aryl methyl sites for hydroxylation is 2. The van der Waals surface area contributed by atoms with Gasteiger partial charge in [0.2, 0.25) is 0 Å². The van der Waals surface area contributed by atoms with E-state index in [-0.39, 0.29) is 12.0 Å². The number of fused-ring (bicyclic) bond motifs is 1. The standard InChI is InChI=1S/C16H20ClNO2/c1-10-7-6-8-12-14(10)11(2)13(9-17)18(12)15(19)20-16(3,4)5/h6-8H,9H2,1-5H3. The fourth-order valence-corrected chi connectivity index (χ4v) is 2.78. The molecule has 0 atom stereocenters. The third-order valence-corrected chi connectivity index (χ3v) is 3.53. The molecular formula is C16H20ClNO2. The smallest absolute Gasteiger partial charge is 0.419 e. The summed E-state index contributed by atoms with van der Waals surface area (Å²) in [5.74, 6) is 0.277. The Kier molecular flexibility index (Phi) is 3.83. The van der Waals surface area contributed by atoms with Gasteiger partial charge in [-0.3, -0.25) is 0 Å². The summed E-state index contributed by atoms with van der Waals surface area (Å²) in [4.78, 5) is 12.5. The Labute approximate surface area is 124 Å². The molecule has 0 spiro atoms. The van der Waals surface area contributed by atoms with Crippen LogP contribution in [0.1, 0.15) is 37.6 Å². The lowest BCUT2D eigenvalue weighted by Gasteiger charge is -2.20. The molecule has 0 fully saturated rings. The number of halogens is 1. The Hall–Kier alpha value is -1.48. The monoisotopic (exact) mass is 293 g/mol. The largest absolute Gasteiger partial charge is 0.443 e. The molecule has 20 heavy (non-hydrogen) atoms. The van der Waals surface area contributed by atoms with E-state index in [1.807, 2.05) is 52.8 Å². The first-order valence-electron chi connectivity index (χ1n) is 6.65. The van der Waals surface area contributed by atoms with Crippen LogP contribution in [0, 0.1) is 13.8 Å². The molecule has 0 bridgehead atoms. The molecule has 0 saturated heterocycles. The van der Waals surface area contributed by atoms with Gasteiger partial charge < -0.3 is 4.74 Å². The lowest BCUT2D eigenvalue weighted by molar-refractivity contribution is 0.0541. The fourth-order valence-electron chi connectivity index (χ4n) is 2.46. The van der Waals surface area contributed by atoms with Crippen molar-refractivity contribution in [2.45, 2.75) is 46.1 Å². The number of carbonyl (C=O) groups excluding carboxylic acids is 1. The van der Waals surface area contributed by atoms with Gasteiger partial charge in [0.15, 0.2) is 0 Å². The van der Waals surface area contributed by atoms with Gasteiger partial charge in [0, 0.05) is 11.1 Å². The van der Waals surface area contributed by atoms with E-state index >= 15 is 0 Å². The summed E-state index contributed by atoms with van der Waals surface area (Å²) >= 11 is 6.05. The zero-order valence-electron chi connectivity index (χ0n) is 12.6. The highest BCUT2D eigenvalue weighted by Crippen LogP contribution is 2.30. The van der Waals surface area contributed by atoms with Crippen molar-refractivity contribution in [1.29, 1.82) is 0 Å². The van der Waals surface area contributed by atoms with Crippen molar-refractivity contribution in [3.05, 3.63) is 35.0 Å². The Bertz CT molecular complexity index is 665. The first-order valence-corrected chi connectivity index (χ1v) is 7.18. The van der Waals surface area contributed by atoms with Gasteiger partial charge >= 0.3 is 6.09 Å². The summed E-state index contributed by atoms with van der Waals surface area (Å²) in [5, 5.41) is 1.08. The van der Waals surface area contributed by atoms with Crippen LogP contribution in [0.4, 0.5) is 4.79 Å². The Morgan fingerprint density at radius 1 is 1.30 bits per heavy atom.